The zero-order chi connectivity index (χ0) is 15.8. The maximum Gasteiger partial charge on any atom is 0.435 e. The number of hydrogen-bond acceptors (Lipinski definition) is 2. The van der Waals surface area contributed by atoms with Gasteiger partial charge >= 0.3 is 6.18 Å². The molecule has 2 aromatic rings. The molecule has 0 saturated carbocycles. The lowest BCUT2D eigenvalue weighted by Gasteiger charge is -2.01. The monoisotopic (exact) mass is 291 g/mol. The highest BCUT2D eigenvalue weighted by molar-refractivity contribution is 5.22. The molecule has 0 fully saturated rings. The van der Waals surface area contributed by atoms with Crippen LogP contribution in [0.25, 0.3) is 5.82 Å². The largest absolute Gasteiger partial charge is 0.435 e. The Kier molecular flexibility index (Phi) is 7.49. The highest BCUT2D eigenvalue weighted by Crippen LogP contribution is 2.27. The van der Waals surface area contributed by atoms with Gasteiger partial charge in [-0.25, -0.2) is 14.1 Å². The number of alkyl halides is 3. The van der Waals surface area contributed by atoms with Gasteiger partial charge in [-0.15, -0.1) is 0 Å². The number of nitrogens with zero attached hydrogens (tertiary/aromatic N) is 3. The highest BCUT2D eigenvalue weighted by atomic mass is 19.4. The molecule has 0 amide bonds. The molecule has 7 heteroatoms. The molecule has 2 aromatic heterocycles. The first kappa shape index (κ1) is 18.1. The van der Waals surface area contributed by atoms with Gasteiger partial charge in [0, 0.05) is 6.20 Å². The number of aromatic nitrogens is 3. The minimum absolute atomic E-state index is 0.122. The Balaban J connectivity index is 0.000000829. The summed E-state index contributed by atoms with van der Waals surface area (Å²) in [4.78, 5) is 3.60. The lowest BCUT2D eigenvalue weighted by molar-refractivity contribution is -0.141. The summed E-state index contributed by atoms with van der Waals surface area (Å²) < 4.78 is 50.1. The van der Waals surface area contributed by atoms with Crippen molar-refractivity contribution in [2.75, 3.05) is 0 Å². The molecule has 0 aliphatic heterocycles. The van der Waals surface area contributed by atoms with Crippen LogP contribution in [0.5, 0.6) is 0 Å². The summed E-state index contributed by atoms with van der Waals surface area (Å²) in [6, 6.07) is 3.16. The number of hydrogen-bond donors (Lipinski definition) is 0. The first-order valence-electron chi connectivity index (χ1n) is 6.21. The van der Waals surface area contributed by atoms with Crippen molar-refractivity contribution in [3.05, 3.63) is 42.1 Å². The molecule has 2 heterocycles. The van der Waals surface area contributed by atoms with Gasteiger partial charge in [-0.05, 0) is 18.2 Å². The third kappa shape index (κ3) is 4.99. The van der Waals surface area contributed by atoms with Crippen LogP contribution in [-0.4, -0.2) is 14.8 Å². The molecule has 0 bridgehead atoms. The Bertz CT molecular complexity index is 489. The van der Waals surface area contributed by atoms with Crippen molar-refractivity contribution >= 4 is 0 Å². The van der Waals surface area contributed by atoms with Crippen LogP contribution in [0.3, 0.4) is 0 Å². The van der Waals surface area contributed by atoms with Gasteiger partial charge < -0.3 is 0 Å². The van der Waals surface area contributed by atoms with E-state index in [1.165, 1.54) is 6.07 Å². The molecule has 0 N–H and O–H groups in total. The summed E-state index contributed by atoms with van der Waals surface area (Å²) in [5, 5.41) is 3.29. The molecule has 0 spiro atoms. The molecule has 0 saturated heterocycles. The minimum atomic E-state index is -4.49. The molecule has 0 aliphatic carbocycles. The zero-order valence-corrected chi connectivity index (χ0v) is 11.7. The summed E-state index contributed by atoms with van der Waals surface area (Å²) in [6.45, 7) is 8.00. The second kappa shape index (κ2) is 8.29. The fourth-order valence-corrected chi connectivity index (χ4v) is 1.11. The zero-order valence-electron chi connectivity index (χ0n) is 11.7. The van der Waals surface area contributed by atoms with Gasteiger partial charge in [0.1, 0.15) is 5.82 Å². The topological polar surface area (TPSA) is 30.7 Å². The summed E-state index contributed by atoms with van der Waals surface area (Å²) in [7, 11) is 0. The van der Waals surface area contributed by atoms with E-state index in [0.717, 1.165) is 29.2 Å². The molecule has 3 nitrogen and oxygen atoms in total. The van der Waals surface area contributed by atoms with Crippen LogP contribution in [-0.2, 0) is 6.18 Å². The molecule has 0 aromatic carbocycles. The van der Waals surface area contributed by atoms with Crippen LogP contribution in [0.2, 0.25) is 0 Å². The van der Waals surface area contributed by atoms with Gasteiger partial charge in [0.15, 0.2) is 11.5 Å². The molecule has 20 heavy (non-hydrogen) atoms. The van der Waals surface area contributed by atoms with E-state index in [0.29, 0.717) is 0 Å². The second-order valence-electron chi connectivity index (χ2n) is 2.98. The van der Waals surface area contributed by atoms with Gasteiger partial charge in [-0.2, -0.15) is 18.3 Å². The van der Waals surface area contributed by atoms with E-state index in [-0.39, 0.29) is 5.82 Å². The molecule has 0 unspecified atom stereocenters. The quantitative estimate of drug-likeness (QED) is 0.725. The molecule has 0 atom stereocenters. The summed E-state index contributed by atoms with van der Waals surface area (Å²) in [5.41, 5.74) is -1.02. The van der Waals surface area contributed by atoms with Gasteiger partial charge in [-0.1, -0.05) is 27.7 Å². The van der Waals surface area contributed by atoms with Gasteiger partial charge in [0.05, 0.1) is 6.20 Å². The fraction of sp³-hybridized carbons (Fsp3) is 0.385. The molecule has 0 aliphatic rings. The van der Waals surface area contributed by atoms with Gasteiger partial charge in [-0.3, -0.25) is 0 Å². The van der Waals surface area contributed by atoms with Crippen LogP contribution in [0.15, 0.2) is 30.6 Å². The van der Waals surface area contributed by atoms with Crippen molar-refractivity contribution < 1.29 is 17.6 Å². The maximum absolute atomic E-state index is 12.5. The predicted molar refractivity (Wildman–Crippen MR) is 69.0 cm³/mol. The molecule has 2 rings (SSSR count). The van der Waals surface area contributed by atoms with Crippen molar-refractivity contribution in [1.82, 2.24) is 14.8 Å². The van der Waals surface area contributed by atoms with E-state index in [2.05, 4.69) is 10.1 Å². The van der Waals surface area contributed by atoms with E-state index < -0.39 is 17.7 Å². The molecular formula is C13H17F4N3. The van der Waals surface area contributed by atoms with Crippen molar-refractivity contribution in [3.63, 3.8) is 0 Å². The van der Waals surface area contributed by atoms with Crippen LogP contribution in [0.4, 0.5) is 17.6 Å². The average Bonchev–Trinajstić information content (AvgIpc) is 2.94. The van der Waals surface area contributed by atoms with Gasteiger partial charge in [0.2, 0.25) is 0 Å². The number of pyridine rings is 1. The number of halogens is 4. The molecular weight excluding hydrogens is 274 g/mol. The van der Waals surface area contributed by atoms with E-state index >= 15 is 0 Å². The van der Waals surface area contributed by atoms with E-state index in [4.69, 9.17) is 0 Å². The molecule has 112 valence electrons. The smallest absolute Gasteiger partial charge is 0.234 e. The normalized spacial score (nSPS) is 10.0. The Morgan fingerprint density at radius 2 is 1.60 bits per heavy atom. The molecule has 0 radical (unpaired) electrons. The first-order chi connectivity index (χ1) is 9.47. The summed E-state index contributed by atoms with van der Waals surface area (Å²) >= 11 is 0. The van der Waals surface area contributed by atoms with Crippen LogP contribution >= 0.6 is 0 Å². The average molecular weight is 291 g/mol. The van der Waals surface area contributed by atoms with E-state index in [9.17, 15) is 17.6 Å². The van der Waals surface area contributed by atoms with Crippen molar-refractivity contribution in [3.8, 4) is 5.82 Å². The van der Waals surface area contributed by atoms with Crippen LogP contribution in [0, 0.1) is 5.82 Å². The standard InChI is InChI=1S/C9H5F4N3.2C2H6/c10-6-1-2-8(14-5-6)16-4-3-7(15-16)9(11,12)13;2*1-2/h1-5H;2*1-2H3. The Labute approximate surface area is 115 Å². The third-order valence-electron chi connectivity index (χ3n) is 1.83. The summed E-state index contributed by atoms with van der Waals surface area (Å²) in [6.07, 6.45) is -2.47. The van der Waals surface area contributed by atoms with E-state index in [1.54, 1.807) is 0 Å². The van der Waals surface area contributed by atoms with Crippen molar-refractivity contribution in [2.45, 2.75) is 33.9 Å². The van der Waals surface area contributed by atoms with Crippen LogP contribution < -0.4 is 0 Å². The Morgan fingerprint density at radius 3 is 2.00 bits per heavy atom. The maximum atomic E-state index is 12.5. The minimum Gasteiger partial charge on any atom is -0.234 e. The van der Waals surface area contributed by atoms with E-state index in [1.807, 2.05) is 27.7 Å². The lowest BCUT2D eigenvalue weighted by Crippen LogP contribution is -2.07. The Morgan fingerprint density at radius 1 is 1.00 bits per heavy atom. The van der Waals surface area contributed by atoms with Crippen molar-refractivity contribution in [2.24, 2.45) is 0 Å². The lowest BCUT2D eigenvalue weighted by atomic mass is 10.4. The summed E-state index contributed by atoms with van der Waals surface area (Å²) in [5.74, 6) is -0.441. The Hall–Kier alpha value is -1.92. The van der Waals surface area contributed by atoms with Crippen LogP contribution in [0.1, 0.15) is 33.4 Å². The highest BCUT2D eigenvalue weighted by Gasteiger charge is 2.33. The second-order valence-corrected chi connectivity index (χ2v) is 2.98. The fourth-order valence-electron chi connectivity index (χ4n) is 1.11. The first-order valence-corrected chi connectivity index (χ1v) is 6.21. The third-order valence-corrected chi connectivity index (χ3v) is 1.83. The van der Waals surface area contributed by atoms with Gasteiger partial charge in [0.25, 0.3) is 0 Å². The predicted octanol–water partition coefficient (Wildman–Crippen LogP) is 4.48. The number of rotatable bonds is 1. The van der Waals surface area contributed by atoms with Crippen molar-refractivity contribution in [1.29, 1.82) is 0 Å². The SMILES string of the molecule is CC.CC.Fc1ccc(-n2ccc(C(F)(F)F)n2)nc1.